The van der Waals surface area contributed by atoms with Gasteiger partial charge in [0.05, 0.1) is 7.11 Å². The first kappa shape index (κ1) is 16.1. The number of aryl methyl sites for hydroxylation is 1. The van der Waals surface area contributed by atoms with Crippen molar-refractivity contribution >= 4 is 37.6 Å². The number of methoxy groups -OCH3 is 1. The van der Waals surface area contributed by atoms with Crippen molar-refractivity contribution in [3.05, 3.63) is 51.5 Å². The van der Waals surface area contributed by atoms with Crippen LogP contribution in [0.15, 0.2) is 45.8 Å². The van der Waals surface area contributed by atoms with Crippen LogP contribution < -0.4 is 8.92 Å². The Hall–Kier alpha value is -1.24. The van der Waals surface area contributed by atoms with E-state index in [1.165, 1.54) is 19.2 Å². The summed E-state index contributed by atoms with van der Waals surface area (Å²) in [4.78, 5) is -0.0491. The molecule has 0 atom stereocenters. The first-order valence-corrected chi connectivity index (χ1v) is 8.45. The Bertz CT molecular complexity index is 775. The third kappa shape index (κ3) is 3.70. The second kappa shape index (κ2) is 6.25. The van der Waals surface area contributed by atoms with Gasteiger partial charge in [-0.3, -0.25) is 0 Å². The van der Waals surface area contributed by atoms with Crippen molar-refractivity contribution < 1.29 is 17.3 Å². The Morgan fingerprint density at radius 3 is 2.48 bits per heavy atom. The lowest BCUT2D eigenvalue weighted by Gasteiger charge is -2.11. The molecule has 4 nitrogen and oxygen atoms in total. The normalized spacial score (nSPS) is 11.2. The van der Waals surface area contributed by atoms with Gasteiger partial charge in [-0.15, -0.1) is 0 Å². The predicted octanol–water partition coefficient (Wildman–Crippen LogP) is 4.19. The quantitative estimate of drug-likeness (QED) is 0.733. The fourth-order valence-corrected chi connectivity index (χ4v) is 3.43. The molecule has 0 aromatic heterocycles. The standard InChI is InChI=1S/C14H12BrClO4S/c1-9-7-11(4-5-12(9)16)20-21(17,18)14-8-10(15)3-6-13(14)19-2/h3-8H,1-2H3. The van der Waals surface area contributed by atoms with Crippen molar-refractivity contribution in [3.8, 4) is 11.5 Å². The lowest BCUT2D eigenvalue weighted by atomic mass is 10.2. The molecule has 0 radical (unpaired) electrons. The first-order chi connectivity index (χ1) is 9.83. The van der Waals surface area contributed by atoms with Crippen LogP contribution in [0.5, 0.6) is 11.5 Å². The summed E-state index contributed by atoms with van der Waals surface area (Å²) >= 11 is 9.14. The summed E-state index contributed by atoms with van der Waals surface area (Å²) in [6.07, 6.45) is 0. The van der Waals surface area contributed by atoms with Crippen LogP contribution in [0, 0.1) is 6.92 Å². The van der Waals surface area contributed by atoms with Gasteiger partial charge in [0, 0.05) is 9.50 Å². The Kier molecular flexibility index (Phi) is 4.81. The van der Waals surface area contributed by atoms with Crippen LogP contribution in [-0.4, -0.2) is 15.5 Å². The summed E-state index contributed by atoms with van der Waals surface area (Å²) in [5.41, 5.74) is 0.727. The molecule has 21 heavy (non-hydrogen) atoms. The predicted molar refractivity (Wildman–Crippen MR) is 84.7 cm³/mol. The van der Waals surface area contributed by atoms with Crippen molar-refractivity contribution in [1.29, 1.82) is 0 Å². The van der Waals surface area contributed by atoms with E-state index in [4.69, 9.17) is 20.5 Å². The highest BCUT2D eigenvalue weighted by Crippen LogP contribution is 2.30. The van der Waals surface area contributed by atoms with Gasteiger partial charge in [-0.25, -0.2) is 0 Å². The van der Waals surface area contributed by atoms with Gasteiger partial charge in [0.25, 0.3) is 0 Å². The summed E-state index contributed by atoms with van der Waals surface area (Å²) in [6.45, 7) is 1.77. The van der Waals surface area contributed by atoms with Crippen LogP contribution in [0.4, 0.5) is 0 Å². The molecule has 0 aliphatic rings. The van der Waals surface area contributed by atoms with Gasteiger partial charge < -0.3 is 8.92 Å². The number of hydrogen-bond donors (Lipinski definition) is 0. The molecule has 2 rings (SSSR count). The van der Waals surface area contributed by atoms with E-state index in [0.29, 0.717) is 9.50 Å². The van der Waals surface area contributed by atoms with E-state index in [2.05, 4.69) is 15.9 Å². The van der Waals surface area contributed by atoms with Gasteiger partial charge >= 0.3 is 10.1 Å². The van der Waals surface area contributed by atoms with Crippen molar-refractivity contribution in [1.82, 2.24) is 0 Å². The summed E-state index contributed by atoms with van der Waals surface area (Å²) in [5, 5.41) is 0.541. The molecular weight excluding hydrogens is 380 g/mol. The third-order valence-corrected chi connectivity index (χ3v) is 4.92. The van der Waals surface area contributed by atoms with Crippen LogP contribution in [0.3, 0.4) is 0 Å². The molecule has 0 fully saturated rings. The second-order valence-corrected chi connectivity index (χ2v) is 7.08. The summed E-state index contributed by atoms with van der Waals surface area (Å²) < 4.78 is 35.6. The van der Waals surface area contributed by atoms with Crippen molar-refractivity contribution in [2.45, 2.75) is 11.8 Å². The van der Waals surface area contributed by atoms with Gasteiger partial charge in [0.15, 0.2) is 0 Å². The number of rotatable bonds is 4. The van der Waals surface area contributed by atoms with E-state index >= 15 is 0 Å². The molecule has 0 heterocycles. The van der Waals surface area contributed by atoms with Gasteiger partial charge in [0.1, 0.15) is 16.4 Å². The average molecular weight is 392 g/mol. The minimum Gasteiger partial charge on any atom is -0.495 e. The topological polar surface area (TPSA) is 52.6 Å². The van der Waals surface area contributed by atoms with Gasteiger partial charge in [0.2, 0.25) is 0 Å². The summed E-state index contributed by atoms with van der Waals surface area (Å²) in [5.74, 6) is 0.405. The molecule has 0 spiro atoms. The SMILES string of the molecule is COc1ccc(Br)cc1S(=O)(=O)Oc1ccc(Cl)c(C)c1. The molecule has 2 aromatic carbocycles. The number of halogens is 2. The summed E-state index contributed by atoms with van der Waals surface area (Å²) in [7, 11) is -2.61. The van der Waals surface area contributed by atoms with E-state index in [1.54, 1.807) is 31.2 Å². The van der Waals surface area contributed by atoms with Crippen LogP contribution in [-0.2, 0) is 10.1 Å². The molecule has 0 amide bonds. The van der Waals surface area contributed by atoms with Crippen LogP contribution in [0.25, 0.3) is 0 Å². The molecule has 0 saturated heterocycles. The molecule has 0 bridgehead atoms. The Balaban J connectivity index is 2.42. The maximum Gasteiger partial charge on any atom is 0.342 e. The highest BCUT2D eigenvalue weighted by molar-refractivity contribution is 9.10. The lowest BCUT2D eigenvalue weighted by molar-refractivity contribution is 0.398. The van der Waals surface area contributed by atoms with Crippen LogP contribution in [0.2, 0.25) is 5.02 Å². The molecule has 112 valence electrons. The second-order valence-electron chi connectivity index (χ2n) is 4.24. The Morgan fingerprint density at radius 1 is 1.14 bits per heavy atom. The average Bonchev–Trinajstić information content (AvgIpc) is 2.42. The maximum absolute atomic E-state index is 12.4. The largest absolute Gasteiger partial charge is 0.495 e. The van der Waals surface area contributed by atoms with E-state index < -0.39 is 10.1 Å². The van der Waals surface area contributed by atoms with E-state index in [1.807, 2.05) is 0 Å². The van der Waals surface area contributed by atoms with E-state index in [-0.39, 0.29) is 16.4 Å². The monoisotopic (exact) mass is 390 g/mol. The van der Waals surface area contributed by atoms with E-state index in [0.717, 1.165) is 5.56 Å². The minimum atomic E-state index is -4.01. The molecule has 7 heteroatoms. The molecular formula is C14H12BrClO4S. The Labute approximate surface area is 136 Å². The van der Waals surface area contributed by atoms with Gasteiger partial charge in [-0.2, -0.15) is 8.42 Å². The number of hydrogen-bond acceptors (Lipinski definition) is 4. The van der Waals surface area contributed by atoms with Crippen molar-refractivity contribution in [2.75, 3.05) is 7.11 Å². The highest BCUT2D eigenvalue weighted by Gasteiger charge is 2.22. The fraction of sp³-hybridized carbons (Fsp3) is 0.143. The van der Waals surface area contributed by atoms with Crippen LogP contribution in [0.1, 0.15) is 5.56 Å². The molecule has 2 aromatic rings. The van der Waals surface area contributed by atoms with Crippen LogP contribution >= 0.6 is 27.5 Å². The minimum absolute atomic E-state index is 0.0491. The third-order valence-electron chi connectivity index (χ3n) is 2.73. The van der Waals surface area contributed by atoms with Crippen molar-refractivity contribution in [2.24, 2.45) is 0 Å². The number of benzene rings is 2. The zero-order chi connectivity index (χ0) is 15.6. The molecule has 0 N–H and O–H groups in total. The van der Waals surface area contributed by atoms with Crippen molar-refractivity contribution in [3.63, 3.8) is 0 Å². The zero-order valence-corrected chi connectivity index (χ0v) is 14.4. The van der Waals surface area contributed by atoms with E-state index in [9.17, 15) is 8.42 Å². The smallest absolute Gasteiger partial charge is 0.342 e. The number of ether oxygens (including phenoxy) is 1. The Morgan fingerprint density at radius 2 is 1.86 bits per heavy atom. The van der Waals surface area contributed by atoms with Gasteiger partial charge in [-0.1, -0.05) is 27.5 Å². The zero-order valence-electron chi connectivity index (χ0n) is 11.3. The molecule has 0 aliphatic heterocycles. The lowest BCUT2D eigenvalue weighted by Crippen LogP contribution is -2.11. The first-order valence-electron chi connectivity index (χ1n) is 5.87. The molecule has 0 aliphatic carbocycles. The summed E-state index contributed by atoms with van der Waals surface area (Å²) in [6, 6.07) is 9.30. The fourth-order valence-electron chi connectivity index (χ4n) is 1.69. The van der Waals surface area contributed by atoms with Gasteiger partial charge in [-0.05, 0) is 48.9 Å². The highest BCUT2D eigenvalue weighted by atomic mass is 79.9. The molecule has 0 unspecified atom stereocenters. The maximum atomic E-state index is 12.4. The molecule has 0 saturated carbocycles.